The summed E-state index contributed by atoms with van der Waals surface area (Å²) in [5, 5.41) is 7.78. The Morgan fingerprint density at radius 1 is 1.00 bits per heavy atom. The van der Waals surface area contributed by atoms with Gasteiger partial charge in [-0.2, -0.15) is 10.2 Å². The van der Waals surface area contributed by atoms with Crippen LogP contribution in [0.5, 0.6) is 5.75 Å². The van der Waals surface area contributed by atoms with E-state index in [-0.39, 0.29) is 5.56 Å². The van der Waals surface area contributed by atoms with Gasteiger partial charge in [0.25, 0.3) is 5.56 Å². The number of aromatic nitrogens is 3. The number of hydrogen-bond donors (Lipinski definition) is 0. The number of ether oxygens (including phenoxy) is 1. The van der Waals surface area contributed by atoms with Crippen molar-refractivity contribution in [2.75, 3.05) is 13.1 Å². The molecule has 6 nitrogen and oxygen atoms in total. The minimum atomic E-state index is -0.0627. The molecule has 2 aromatic heterocycles. The lowest BCUT2D eigenvalue weighted by molar-refractivity contribution is 0.298. The maximum Gasteiger partial charge on any atom is 0.254 e. The fraction of sp³-hybridized carbons (Fsp3) is 0.348. The Balaban J connectivity index is 1.29. The molecule has 3 heterocycles. The van der Waals surface area contributed by atoms with E-state index in [0.717, 1.165) is 18.7 Å². The van der Waals surface area contributed by atoms with Crippen molar-refractivity contribution in [1.82, 2.24) is 19.7 Å². The SMILES string of the molecule is O=c1cc(OCc2cccnn2)ccn1CCc1ccc(CN2CCCC2)cc1. The van der Waals surface area contributed by atoms with Crippen molar-refractivity contribution in [2.45, 2.75) is 39.0 Å². The van der Waals surface area contributed by atoms with Gasteiger partial charge in [0, 0.05) is 31.5 Å². The molecule has 1 aliphatic rings. The lowest BCUT2D eigenvalue weighted by Gasteiger charge is -2.14. The fourth-order valence-electron chi connectivity index (χ4n) is 3.59. The lowest BCUT2D eigenvalue weighted by Crippen LogP contribution is -2.20. The van der Waals surface area contributed by atoms with Crippen molar-refractivity contribution in [1.29, 1.82) is 0 Å². The smallest absolute Gasteiger partial charge is 0.254 e. The summed E-state index contributed by atoms with van der Waals surface area (Å²) in [6.07, 6.45) is 6.86. The molecule has 1 aliphatic heterocycles. The van der Waals surface area contributed by atoms with Gasteiger partial charge in [0.05, 0.1) is 0 Å². The Bertz CT molecular complexity index is 964. The Labute approximate surface area is 170 Å². The highest BCUT2D eigenvalue weighted by atomic mass is 16.5. The van der Waals surface area contributed by atoms with E-state index in [1.54, 1.807) is 17.0 Å². The Morgan fingerprint density at radius 3 is 2.52 bits per heavy atom. The molecule has 0 radical (unpaired) electrons. The molecule has 0 unspecified atom stereocenters. The van der Waals surface area contributed by atoms with E-state index in [4.69, 9.17) is 4.74 Å². The third kappa shape index (κ3) is 5.51. The van der Waals surface area contributed by atoms with E-state index in [2.05, 4.69) is 39.4 Å². The third-order valence-electron chi connectivity index (χ3n) is 5.25. The summed E-state index contributed by atoms with van der Waals surface area (Å²) < 4.78 is 7.35. The number of hydrogen-bond acceptors (Lipinski definition) is 5. The van der Waals surface area contributed by atoms with Gasteiger partial charge in [-0.15, -0.1) is 0 Å². The van der Waals surface area contributed by atoms with E-state index in [1.807, 2.05) is 18.2 Å². The highest BCUT2D eigenvalue weighted by Crippen LogP contribution is 2.14. The fourth-order valence-corrected chi connectivity index (χ4v) is 3.59. The van der Waals surface area contributed by atoms with Crippen LogP contribution in [0.3, 0.4) is 0 Å². The molecule has 1 aromatic carbocycles. The van der Waals surface area contributed by atoms with Crippen LogP contribution in [-0.4, -0.2) is 32.8 Å². The van der Waals surface area contributed by atoms with Crippen molar-refractivity contribution in [2.24, 2.45) is 0 Å². The molecule has 0 bridgehead atoms. The zero-order valence-electron chi connectivity index (χ0n) is 16.5. The molecule has 0 atom stereocenters. The summed E-state index contributed by atoms with van der Waals surface area (Å²) >= 11 is 0. The van der Waals surface area contributed by atoms with Crippen LogP contribution in [0.15, 0.2) is 65.7 Å². The van der Waals surface area contributed by atoms with Gasteiger partial charge < -0.3 is 9.30 Å². The Hall–Kier alpha value is -2.99. The molecule has 0 saturated carbocycles. The van der Waals surface area contributed by atoms with E-state index >= 15 is 0 Å². The molecule has 150 valence electrons. The monoisotopic (exact) mass is 390 g/mol. The van der Waals surface area contributed by atoms with Gasteiger partial charge >= 0.3 is 0 Å². The first-order valence-corrected chi connectivity index (χ1v) is 10.2. The minimum Gasteiger partial charge on any atom is -0.487 e. The van der Waals surface area contributed by atoms with Crippen LogP contribution in [0.25, 0.3) is 0 Å². The summed E-state index contributed by atoms with van der Waals surface area (Å²) in [6, 6.07) is 15.8. The molecule has 1 saturated heterocycles. The molecular formula is C23H26N4O2. The zero-order valence-corrected chi connectivity index (χ0v) is 16.5. The maximum absolute atomic E-state index is 12.4. The first kappa shape index (κ1) is 19.3. The number of likely N-dealkylation sites (tertiary alicyclic amines) is 1. The lowest BCUT2D eigenvalue weighted by atomic mass is 10.1. The van der Waals surface area contributed by atoms with Gasteiger partial charge in [0.1, 0.15) is 18.1 Å². The first-order chi connectivity index (χ1) is 14.3. The van der Waals surface area contributed by atoms with Crippen LogP contribution in [0.2, 0.25) is 0 Å². The van der Waals surface area contributed by atoms with Crippen molar-refractivity contribution >= 4 is 0 Å². The van der Waals surface area contributed by atoms with Gasteiger partial charge in [-0.3, -0.25) is 9.69 Å². The quantitative estimate of drug-likeness (QED) is 0.592. The minimum absolute atomic E-state index is 0.0627. The van der Waals surface area contributed by atoms with E-state index in [9.17, 15) is 4.79 Å². The summed E-state index contributed by atoms with van der Waals surface area (Å²) in [4.78, 5) is 14.9. The summed E-state index contributed by atoms with van der Waals surface area (Å²) in [6.45, 7) is 4.40. The average molecular weight is 390 g/mol. The number of rotatable bonds is 8. The highest BCUT2D eigenvalue weighted by molar-refractivity contribution is 5.23. The van der Waals surface area contributed by atoms with Crippen LogP contribution >= 0.6 is 0 Å². The van der Waals surface area contributed by atoms with Crippen molar-refractivity contribution in [3.05, 3.63) is 88.1 Å². The second-order valence-electron chi connectivity index (χ2n) is 7.45. The standard InChI is InChI=1S/C23H26N4O2/c28-23-16-22(29-18-21-4-3-11-24-25-21)10-15-27(23)14-9-19-5-7-20(8-6-19)17-26-12-1-2-13-26/h3-8,10-11,15-16H,1-2,9,12-14,17-18H2. The molecular weight excluding hydrogens is 364 g/mol. The average Bonchev–Trinajstić information content (AvgIpc) is 3.26. The van der Waals surface area contributed by atoms with E-state index < -0.39 is 0 Å². The van der Waals surface area contributed by atoms with E-state index in [1.165, 1.54) is 43.1 Å². The summed E-state index contributed by atoms with van der Waals surface area (Å²) in [7, 11) is 0. The molecule has 0 spiro atoms. The van der Waals surface area contributed by atoms with Gasteiger partial charge in [0.2, 0.25) is 0 Å². The topological polar surface area (TPSA) is 60.2 Å². The van der Waals surface area contributed by atoms with Crippen molar-refractivity contribution < 1.29 is 4.74 Å². The number of aryl methyl sites for hydroxylation is 2. The van der Waals surface area contributed by atoms with Gasteiger partial charge in [-0.05, 0) is 61.7 Å². The normalized spacial score (nSPS) is 14.2. The van der Waals surface area contributed by atoms with Gasteiger partial charge in [0.15, 0.2) is 0 Å². The molecule has 0 N–H and O–H groups in total. The molecule has 0 amide bonds. The first-order valence-electron chi connectivity index (χ1n) is 10.2. The highest BCUT2D eigenvalue weighted by Gasteiger charge is 2.11. The van der Waals surface area contributed by atoms with Crippen molar-refractivity contribution in [3.8, 4) is 5.75 Å². The summed E-state index contributed by atoms with van der Waals surface area (Å²) in [5.74, 6) is 0.545. The van der Waals surface area contributed by atoms with Crippen LogP contribution in [0.4, 0.5) is 0 Å². The predicted octanol–water partition coefficient (Wildman–Crippen LogP) is 3.06. The Morgan fingerprint density at radius 2 is 1.79 bits per heavy atom. The molecule has 4 rings (SSSR count). The number of nitrogens with zero attached hydrogens (tertiary/aromatic N) is 4. The molecule has 1 fully saturated rings. The van der Waals surface area contributed by atoms with Crippen molar-refractivity contribution in [3.63, 3.8) is 0 Å². The van der Waals surface area contributed by atoms with Crippen LogP contribution in [0.1, 0.15) is 29.7 Å². The predicted molar refractivity (Wildman–Crippen MR) is 112 cm³/mol. The molecule has 0 aliphatic carbocycles. The van der Waals surface area contributed by atoms with Gasteiger partial charge in [-0.25, -0.2) is 0 Å². The van der Waals surface area contributed by atoms with Crippen LogP contribution in [-0.2, 0) is 26.1 Å². The summed E-state index contributed by atoms with van der Waals surface area (Å²) in [5.41, 5.74) is 3.26. The molecule has 3 aromatic rings. The zero-order chi connectivity index (χ0) is 19.9. The largest absolute Gasteiger partial charge is 0.487 e. The van der Waals surface area contributed by atoms with Crippen LogP contribution in [0, 0.1) is 0 Å². The molecule has 29 heavy (non-hydrogen) atoms. The maximum atomic E-state index is 12.4. The third-order valence-corrected chi connectivity index (χ3v) is 5.25. The Kier molecular flexibility index (Phi) is 6.32. The van der Waals surface area contributed by atoms with Crippen LogP contribution < -0.4 is 10.3 Å². The van der Waals surface area contributed by atoms with E-state index in [0.29, 0.717) is 18.9 Å². The number of benzene rings is 1. The van der Waals surface area contributed by atoms with Gasteiger partial charge in [-0.1, -0.05) is 24.3 Å². The second-order valence-corrected chi connectivity index (χ2v) is 7.45. The second kappa shape index (κ2) is 9.47. The number of pyridine rings is 1. The molecule has 6 heteroatoms.